The summed E-state index contributed by atoms with van der Waals surface area (Å²) >= 11 is 0. The summed E-state index contributed by atoms with van der Waals surface area (Å²) in [4.78, 5) is 19.1. The Morgan fingerprint density at radius 1 is 0.825 bits per heavy atom. The monoisotopic (exact) mass is 545 g/mol. The quantitative estimate of drug-likeness (QED) is 0.237. The van der Waals surface area contributed by atoms with E-state index in [1.54, 1.807) is 21.3 Å². The van der Waals surface area contributed by atoms with Crippen molar-refractivity contribution in [2.24, 2.45) is 0 Å². The molecule has 0 fully saturated rings. The molecular formula is C32H35NO7. The summed E-state index contributed by atoms with van der Waals surface area (Å²) in [5, 5.41) is 19.2. The molecule has 1 atom stereocenters. The van der Waals surface area contributed by atoms with Gasteiger partial charge in [0.05, 0.1) is 21.3 Å². The first kappa shape index (κ1) is 31.5. The Morgan fingerprint density at radius 2 is 1.43 bits per heavy atom. The van der Waals surface area contributed by atoms with Crippen LogP contribution in [0.1, 0.15) is 29.2 Å². The van der Waals surface area contributed by atoms with Gasteiger partial charge in [-0.2, -0.15) is 0 Å². The van der Waals surface area contributed by atoms with Crippen LogP contribution < -0.4 is 19.5 Å². The summed E-state index contributed by atoms with van der Waals surface area (Å²) in [5.74, 6) is 6.55. The Bertz CT molecular complexity index is 1300. The third-order valence-corrected chi connectivity index (χ3v) is 5.64. The van der Waals surface area contributed by atoms with Crippen LogP contribution in [-0.4, -0.2) is 56.1 Å². The van der Waals surface area contributed by atoms with E-state index in [2.05, 4.69) is 30.1 Å². The molecule has 8 heteroatoms. The molecule has 0 spiro atoms. The molecule has 0 aromatic heterocycles. The molecule has 0 saturated heterocycles. The Kier molecular flexibility index (Phi) is 13.4. The fourth-order valence-electron chi connectivity index (χ4n) is 3.67. The maximum Gasteiger partial charge on any atom is 0.328 e. The van der Waals surface area contributed by atoms with Crippen molar-refractivity contribution in [1.82, 2.24) is 5.32 Å². The lowest BCUT2D eigenvalue weighted by molar-refractivity contribution is -0.134. The van der Waals surface area contributed by atoms with E-state index in [-0.39, 0.29) is 6.04 Å². The van der Waals surface area contributed by atoms with Gasteiger partial charge >= 0.3 is 11.9 Å². The molecule has 0 radical (unpaired) electrons. The summed E-state index contributed by atoms with van der Waals surface area (Å²) in [6, 6.07) is 22.4. The first-order chi connectivity index (χ1) is 19.2. The highest BCUT2D eigenvalue weighted by molar-refractivity contribution is 5.89. The van der Waals surface area contributed by atoms with Crippen molar-refractivity contribution in [2.75, 3.05) is 27.9 Å². The van der Waals surface area contributed by atoms with Gasteiger partial charge in [-0.05, 0) is 79.9 Å². The van der Waals surface area contributed by atoms with Gasteiger partial charge in [-0.1, -0.05) is 30.0 Å². The minimum Gasteiger partial charge on any atom is -0.497 e. The van der Waals surface area contributed by atoms with Crippen LogP contribution in [0.25, 0.3) is 0 Å². The van der Waals surface area contributed by atoms with Gasteiger partial charge in [-0.15, -0.1) is 0 Å². The van der Waals surface area contributed by atoms with Gasteiger partial charge in [-0.3, -0.25) is 0 Å². The number of carbonyl (C=O) groups is 2. The van der Waals surface area contributed by atoms with Gasteiger partial charge in [0.15, 0.2) is 0 Å². The average Bonchev–Trinajstić information content (AvgIpc) is 2.96. The van der Waals surface area contributed by atoms with Crippen molar-refractivity contribution >= 4 is 11.9 Å². The van der Waals surface area contributed by atoms with Crippen LogP contribution in [0.15, 0.2) is 78.9 Å². The second-order valence-corrected chi connectivity index (χ2v) is 8.68. The van der Waals surface area contributed by atoms with Gasteiger partial charge in [0, 0.05) is 35.4 Å². The first-order valence-corrected chi connectivity index (χ1v) is 12.6. The van der Waals surface area contributed by atoms with Crippen LogP contribution in [-0.2, 0) is 22.4 Å². The minimum absolute atomic E-state index is 0.284. The van der Waals surface area contributed by atoms with Gasteiger partial charge in [-0.25, -0.2) is 9.59 Å². The van der Waals surface area contributed by atoms with Gasteiger partial charge in [0.2, 0.25) is 0 Å². The Balaban J connectivity index is 0.000000611. The third kappa shape index (κ3) is 11.8. The number of rotatable bonds is 11. The molecule has 8 nitrogen and oxygen atoms in total. The van der Waals surface area contributed by atoms with Crippen LogP contribution in [0.2, 0.25) is 0 Å². The van der Waals surface area contributed by atoms with Crippen molar-refractivity contribution in [2.45, 2.75) is 25.8 Å². The van der Waals surface area contributed by atoms with E-state index >= 15 is 0 Å². The van der Waals surface area contributed by atoms with E-state index < -0.39 is 11.9 Å². The van der Waals surface area contributed by atoms with Crippen LogP contribution in [0.4, 0.5) is 0 Å². The van der Waals surface area contributed by atoms with Crippen molar-refractivity contribution in [3.05, 3.63) is 101 Å². The lowest BCUT2D eigenvalue weighted by atomic mass is 10.00. The number of benzene rings is 3. The van der Waals surface area contributed by atoms with Crippen LogP contribution in [0, 0.1) is 11.8 Å². The lowest BCUT2D eigenvalue weighted by Gasteiger charge is -2.16. The molecule has 0 saturated carbocycles. The number of ether oxygens (including phenoxy) is 3. The summed E-state index contributed by atoms with van der Waals surface area (Å²) in [7, 11) is 5.04. The molecule has 40 heavy (non-hydrogen) atoms. The first-order valence-electron chi connectivity index (χ1n) is 12.6. The molecule has 3 rings (SSSR count). The molecule has 0 aliphatic rings. The summed E-state index contributed by atoms with van der Waals surface area (Å²) < 4.78 is 16.2. The molecule has 0 aliphatic carbocycles. The smallest absolute Gasteiger partial charge is 0.328 e. The standard InChI is InChI=1S/C28H31NO3.C4H4O4/c1-21(29-15-14-23-17-27(31-3)20-28(18-23)32-4)16-25-19-26(30-2)13-12-24(25)11-10-22-8-6-5-7-9-22;5-3(6)1-2-4(7)8/h5-9,12-13,17-21,29H,14-16H2,1-4H3;1-2H,(H,5,6)(H,7,8)/b;2-1+. The fraction of sp³-hybridized carbons (Fsp3) is 0.250. The predicted octanol–water partition coefficient (Wildman–Crippen LogP) is 4.59. The van der Waals surface area contributed by atoms with Crippen molar-refractivity contribution < 1.29 is 34.0 Å². The van der Waals surface area contributed by atoms with E-state index in [0.717, 1.165) is 47.8 Å². The van der Waals surface area contributed by atoms with Gasteiger partial charge in [0.25, 0.3) is 0 Å². The number of nitrogens with one attached hydrogen (secondary N) is 1. The molecule has 0 bridgehead atoms. The van der Waals surface area contributed by atoms with Crippen LogP contribution >= 0.6 is 0 Å². The van der Waals surface area contributed by atoms with Crippen molar-refractivity contribution in [1.29, 1.82) is 0 Å². The number of aliphatic carboxylic acids is 2. The highest BCUT2D eigenvalue weighted by Crippen LogP contribution is 2.23. The molecule has 0 heterocycles. The summed E-state index contributed by atoms with van der Waals surface area (Å²) in [5.41, 5.74) is 4.39. The summed E-state index contributed by atoms with van der Waals surface area (Å²) in [6.45, 7) is 3.05. The Hall–Kier alpha value is -4.74. The van der Waals surface area contributed by atoms with Gasteiger partial charge < -0.3 is 29.7 Å². The number of hydrogen-bond donors (Lipinski definition) is 3. The average molecular weight is 546 g/mol. The highest BCUT2D eigenvalue weighted by Gasteiger charge is 2.09. The molecule has 3 aromatic carbocycles. The molecule has 210 valence electrons. The van der Waals surface area contributed by atoms with E-state index in [0.29, 0.717) is 12.2 Å². The third-order valence-electron chi connectivity index (χ3n) is 5.64. The van der Waals surface area contributed by atoms with E-state index in [1.807, 2.05) is 60.7 Å². The molecule has 1 unspecified atom stereocenters. The number of carboxylic acid groups (broad SMARTS) is 2. The zero-order valence-electron chi connectivity index (χ0n) is 23.1. The Labute approximate surface area is 235 Å². The van der Waals surface area contributed by atoms with E-state index in [4.69, 9.17) is 24.4 Å². The molecule has 3 aromatic rings. The van der Waals surface area contributed by atoms with Crippen molar-refractivity contribution in [3.8, 4) is 29.1 Å². The normalized spacial score (nSPS) is 10.9. The predicted molar refractivity (Wildman–Crippen MR) is 154 cm³/mol. The van der Waals surface area contributed by atoms with Crippen LogP contribution in [0.5, 0.6) is 17.2 Å². The van der Waals surface area contributed by atoms with Crippen LogP contribution in [0.3, 0.4) is 0 Å². The molecule has 3 N–H and O–H groups in total. The maximum absolute atomic E-state index is 9.55. The molecule has 0 amide bonds. The number of methoxy groups -OCH3 is 3. The maximum atomic E-state index is 9.55. The van der Waals surface area contributed by atoms with Crippen molar-refractivity contribution in [3.63, 3.8) is 0 Å². The second-order valence-electron chi connectivity index (χ2n) is 8.68. The molecule has 0 aliphatic heterocycles. The largest absolute Gasteiger partial charge is 0.497 e. The summed E-state index contributed by atoms with van der Waals surface area (Å²) in [6.07, 6.45) is 2.86. The minimum atomic E-state index is -1.26. The zero-order chi connectivity index (χ0) is 29.3. The van der Waals surface area contributed by atoms with E-state index in [1.165, 1.54) is 11.1 Å². The fourth-order valence-corrected chi connectivity index (χ4v) is 3.67. The topological polar surface area (TPSA) is 114 Å². The molecular weight excluding hydrogens is 510 g/mol. The highest BCUT2D eigenvalue weighted by atomic mass is 16.5. The number of carboxylic acids is 2. The second kappa shape index (κ2) is 17.0. The number of hydrogen-bond acceptors (Lipinski definition) is 6. The zero-order valence-corrected chi connectivity index (χ0v) is 23.1. The van der Waals surface area contributed by atoms with E-state index in [9.17, 15) is 9.59 Å². The van der Waals surface area contributed by atoms with Gasteiger partial charge in [0.1, 0.15) is 17.2 Å². The lowest BCUT2D eigenvalue weighted by Crippen LogP contribution is -2.30. The SMILES string of the molecule is COc1cc(CCNC(C)Cc2cc(OC)ccc2C#Cc2ccccc2)cc(OC)c1.O=C(O)/C=C/C(=O)O. The Morgan fingerprint density at radius 3 is 1.98 bits per heavy atom.